The van der Waals surface area contributed by atoms with Gasteiger partial charge in [0, 0.05) is 30.3 Å². The van der Waals surface area contributed by atoms with Gasteiger partial charge >= 0.3 is 12.1 Å². The number of allylic oxidation sites excluding steroid dienone is 1. The van der Waals surface area contributed by atoms with Crippen molar-refractivity contribution >= 4 is 23.6 Å². The van der Waals surface area contributed by atoms with E-state index in [0.29, 0.717) is 18.4 Å². The summed E-state index contributed by atoms with van der Waals surface area (Å²) < 4.78 is 25.2. The number of hydrogen-bond donors (Lipinski definition) is 1. The average molecular weight is 619 g/mol. The Bertz CT molecular complexity index is 1210. The predicted molar refractivity (Wildman–Crippen MR) is 163 cm³/mol. The lowest BCUT2D eigenvalue weighted by atomic mass is 9.80. The molecule has 0 saturated carbocycles. The molecule has 0 spiro atoms. The Balaban J connectivity index is 1.98. The smallest absolute Gasteiger partial charge is 0.418 e. The molecule has 2 aliphatic rings. The van der Waals surface area contributed by atoms with Gasteiger partial charge in [-0.05, 0) is 91.3 Å². The molecule has 1 fully saturated rings. The van der Waals surface area contributed by atoms with Crippen molar-refractivity contribution in [3.8, 4) is 0 Å². The first-order chi connectivity index (χ1) is 20.5. The topological polar surface area (TPSA) is 134 Å². The standard InChI is InChI=1S/C33H50N2O9/c1-18-15-19(2)29(43-31-28(38)25(34(9)10)16-21(4)41-31)22(5)27(37)23(6)30(39)42-24(7)33(8,17-20(3)26(18)36)44-32(40)35-13-11-12-14-35/h11-14,17-19,21-25,28-29,31,38H,15-16H2,1-10H3/b20-17+/t18-,19+,21-,22-,23-,24-,25?,28?,29?,31?,33+/m1/s1. The van der Waals surface area contributed by atoms with Gasteiger partial charge in [0.15, 0.2) is 23.5 Å². The third-order valence-corrected chi connectivity index (χ3v) is 9.14. The van der Waals surface area contributed by atoms with Gasteiger partial charge in [-0.2, -0.15) is 0 Å². The van der Waals surface area contributed by atoms with Crippen molar-refractivity contribution < 1.29 is 43.2 Å². The van der Waals surface area contributed by atoms with E-state index in [1.54, 1.807) is 46.8 Å². The molecule has 3 heterocycles. The van der Waals surface area contributed by atoms with E-state index in [2.05, 4.69) is 0 Å². The number of Topliss-reactive ketones (excluding diaryl/α,β-unsaturated/α-hetero) is 2. The fourth-order valence-corrected chi connectivity index (χ4v) is 6.24. The van der Waals surface area contributed by atoms with Gasteiger partial charge in [0.05, 0.1) is 12.2 Å². The van der Waals surface area contributed by atoms with E-state index in [1.165, 1.54) is 30.0 Å². The molecule has 1 aromatic rings. The number of ketones is 2. The molecule has 11 heteroatoms. The molecule has 1 aromatic heterocycles. The van der Waals surface area contributed by atoms with Crippen LogP contribution < -0.4 is 0 Å². The highest BCUT2D eigenvalue weighted by molar-refractivity contribution is 6.00. The van der Waals surface area contributed by atoms with E-state index in [-0.39, 0.29) is 23.8 Å². The fourth-order valence-electron chi connectivity index (χ4n) is 6.24. The normalized spacial score (nSPS) is 39.3. The third kappa shape index (κ3) is 8.04. The zero-order valence-corrected chi connectivity index (χ0v) is 27.7. The van der Waals surface area contributed by atoms with Crippen LogP contribution in [0.3, 0.4) is 0 Å². The van der Waals surface area contributed by atoms with E-state index < -0.39 is 65.8 Å². The van der Waals surface area contributed by atoms with Crippen LogP contribution in [-0.4, -0.2) is 94.6 Å². The van der Waals surface area contributed by atoms with Crippen LogP contribution in [0.25, 0.3) is 0 Å². The highest BCUT2D eigenvalue weighted by Crippen LogP contribution is 2.34. The maximum Gasteiger partial charge on any atom is 0.418 e. The van der Waals surface area contributed by atoms with Gasteiger partial charge in [-0.15, -0.1) is 0 Å². The van der Waals surface area contributed by atoms with E-state index in [9.17, 15) is 24.3 Å². The molecule has 0 aromatic carbocycles. The first-order valence-electron chi connectivity index (χ1n) is 15.5. The number of aromatic nitrogens is 1. The number of ether oxygens (including phenoxy) is 4. The molecule has 11 atom stereocenters. The Labute approximate surface area is 260 Å². The second-order valence-electron chi connectivity index (χ2n) is 13.1. The SMILES string of the molecule is C/C1=C\[C@](C)(OC(=O)n2cccc2)[C@@H](C)OC(=O)[C@H](C)C(=O)[C@@H](C)C(OC2O[C@H](C)CC(N(C)C)C2O)[C@@H](C)C[C@@H](C)C1=O. The summed E-state index contributed by atoms with van der Waals surface area (Å²) in [4.78, 5) is 55.6. The number of esters is 1. The molecule has 1 saturated heterocycles. The van der Waals surface area contributed by atoms with Crippen LogP contribution in [0.2, 0.25) is 0 Å². The van der Waals surface area contributed by atoms with Gasteiger partial charge in [-0.3, -0.25) is 19.0 Å². The summed E-state index contributed by atoms with van der Waals surface area (Å²) in [5.74, 6) is -4.16. The first kappa shape index (κ1) is 35.6. The Morgan fingerprint density at radius 3 is 2.25 bits per heavy atom. The quantitative estimate of drug-likeness (QED) is 0.390. The summed E-state index contributed by atoms with van der Waals surface area (Å²) in [5, 5.41) is 11.1. The molecule has 1 N–H and O–H groups in total. The summed E-state index contributed by atoms with van der Waals surface area (Å²) in [7, 11) is 3.76. The number of likely N-dealkylation sites (N-methyl/N-ethyl adjacent to an activating group) is 1. The number of hydrogen-bond acceptors (Lipinski definition) is 10. The molecule has 0 radical (unpaired) electrons. The minimum absolute atomic E-state index is 0.183. The van der Waals surface area contributed by atoms with Crippen LogP contribution in [0, 0.1) is 23.7 Å². The number of carbonyl (C=O) groups excluding carboxylic acids is 4. The lowest BCUT2D eigenvalue weighted by molar-refractivity contribution is -0.278. The highest BCUT2D eigenvalue weighted by Gasteiger charge is 2.45. The Hall–Kier alpha value is -2.86. The number of cyclic esters (lactones) is 1. The zero-order valence-electron chi connectivity index (χ0n) is 27.7. The second-order valence-corrected chi connectivity index (χ2v) is 13.1. The number of carbonyl (C=O) groups is 4. The Kier molecular flexibility index (Phi) is 11.7. The molecule has 44 heavy (non-hydrogen) atoms. The Morgan fingerprint density at radius 1 is 1.05 bits per heavy atom. The van der Waals surface area contributed by atoms with Crippen molar-refractivity contribution in [1.82, 2.24) is 9.47 Å². The van der Waals surface area contributed by atoms with Crippen molar-refractivity contribution in [3.05, 3.63) is 36.2 Å². The van der Waals surface area contributed by atoms with Gasteiger partial charge in [-0.25, -0.2) is 4.79 Å². The van der Waals surface area contributed by atoms with Crippen LogP contribution in [0.4, 0.5) is 4.79 Å². The van der Waals surface area contributed by atoms with Crippen LogP contribution in [-0.2, 0) is 33.3 Å². The monoisotopic (exact) mass is 618 g/mol. The summed E-state index contributed by atoms with van der Waals surface area (Å²) in [6.07, 6.45) is 0.847. The highest BCUT2D eigenvalue weighted by atomic mass is 16.7. The van der Waals surface area contributed by atoms with Gasteiger partial charge < -0.3 is 29.0 Å². The number of nitrogens with zero attached hydrogens (tertiary/aromatic N) is 2. The van der Waals surface area contributed by atoms with Crippen molar-refractivity contribution in [2.75, 3.05) is 14.1 Å². The lowest BCUT2D eigenvalue weighted by Crippen LogP contribution is -2.56. The summed E-state index contributed by atoms with van der Waals surface area (Å²) in [6, 6.07) is 3.12. The summed E-state index contributed by atoms with van der Waals surface area (Å²) in [5.41, 5.74) is -1.17. The zero-order chi connectivity index (χ0) is 33.1. The van der Waals surface area contributed by atoms with Crippen molar-refractivity contribution in [2.24, 2.45) is 23.7 Å². The summed E-state index contributed by atoms with van der Waals surface area (Å²) >= 11 is 0. The molecular formula is C33H50N2O9. The van der Waals surface area contributed by atoms with Gasteiger partial charge in [0.1, 0.15) is 18.1 Å². The van der Waals surface area contributed by atoms with Gasteiger partial charge in [0.2, 0.25) is 0 Å². The van der Waals surface area contributed by atoms with Crippen molar-refractivity contribution in [1.29, 1.82) is 0 Å². The Morgan fingerprint density at radius 2 is 1.66 bits per heavy atom. The molecule has 2 aliphatic heterocycles. The van der Waals surface area contributed by atoms with Gasteiger partial charge in [0.25, 0.3) is 0 Å². The van der Waals surface area contributed by atoms with Crippen molar-refractivity contribution in [3.63, 3.8) is 0 Å². The first-order valence-corrected chi connectivity index (χ1v) is 15.5. The second kappa shape index (κ2) is 14.5. The molecule has 0 amide bonds. The van der Waals surface area contributed by atoms with Crippen LogP contribution in [0.1, 0.15) is 68.2 Å². The number of aliphatic hydroxyl groups is 1. The predicted octanol–water partition coefficient (Wildman–Crippen LogP) is 4.01. The fraction of sp³-hybridized carbons (Fsp3) is 0.697. The van der Waals surface area contributed by atoms with Crippen LogP contribution >= 0.6 is 0 Å². The van der Waals surface area contributed by atoms with Gasteiger partial charge in [-0.1, -0.05) is 20.8 Å². The van der Waals surface area contributed by atoms with Crippen molar-refractivity contribution in [2.45, 2.75) is 111 Å². The summed E-state index contributed by atoms with van der Waals surface area (Å²) in [6.45, 7) is 13.5. The maximum absolute atomic E-state index is 13.8. The van der Waals surface area contributed by atoms with E-state index >= 15 is 0 Å². The largest absolute Gasteiger partial charge is 0.458 e. The minimum Gasteiger partial charge on any atom is -0.458 e. The maximum atomic E-state index is 13.8. The number of aliphatic hydroxyl groups excluding tert-OH is 1. The molecule has 0 aliphatic carbocycles. The number of rotatable bonds is 4. The van der Waals surface area contributed by atoms with E-state index in [0.717, 1.165) is 0 Å². The van der Waals surface area contributed by atoms with Crippen LogP contribution in [0.15, 0.2) is 36.2 Å². The minimum atomic E-state index is -1.51. The average Bonchev–Trinajstić information content (AvgIpc) is 3.50. The van der Waals surface area contributed by atoms with E-state index in [1.807, 2.05) is 32.8 Å². The molecule has 0 bridgehead atoms. The molecule has 4 unspecified atom stereocenters. The lowest BCUT2D eigenvalue weighted by Gasteiger charge is -2.43. The molecule has 11 nitrogen and oxygen atoms in total. The van der Waals surface area contributed by atoms with E-state index in [4.69, 9.17) is 18.9 Å². The third-order valence-electron chi connectivity index (χ3n) is 9.14. The van der Waals surface area contributed by atoms with Crippen LogP contribution in [0.5, 0.6) is 0 Å². The molecule has 246 valence electrons. The molecule has 3 rings (SSSR count). The molecular weight excluding hydrogens is 568 g/mol.